The maximum absolute atomic E-state index is 9.82. The molecular weight excluding hydrogens is 368 g/mol. The Bertz CT molecular complexity index is 692. The Morgan fingerprint density at radius 2 is 1.93 bits per heavy atom. The van der Waals surface area contributed by atoms with Crippen molar-refractivity contribution in [2.24, 2.45) is 23.2 Å². The minimum atomic E-state index is 0.215. The molecule has 0 radical (unpaired) electrons. The van der Waals surface area contributed by atoms with Gasteiger partial charge in [0.25, 0.3) is 0 Å². The zero-order chi connectivity index (χ0) is 20.4. The molecule has 162 valence electrons. The Kier molecular flexibility index (Phi) is 6.50. The number of benzene rings is 1. The van der Waals surface area contributed by atoms with Gasteiger partial charge in [0.05, 0.1) is 6.10 Å². The number of rotatable bonds is 8. The molecule has 0 amide bonds. The summed E-state index contributed by atoms with van der Waals surface area (Å²) >= 11 is 0. The van der Waals surface area contributed by atoms with Crippen LogP contribution in [0, 0.1) is 23.2 Å². The summed E-state index contributed by atoms with van der Waals surface area (Å²) in [6.45, 7) is 3.35. The van der Waals surface area contributed by atoms with Crippen molar-refractivity contribution in [1.82, 2.24) is 0 Å². The minimum absolute atomic E-state index is 0.215. The number of hydrogen-bond acceptors (Lipinski definition) is 5. The lowest BCUT2D eigenvalue weighted by molar-refractivity contribution is -0.129. The van der Waals surface area contributed by atoms with E-state index in [2.05, 4.69) is 25.1 Å². The second-order valence-electron chi connectivity index (χ2n) is 9.36. The lowest BCUT2D eigenvalue weighted by atomic mass is 9.52. The lowest BCUT2D eigenvalue weighted by Crippen LogP contribution is -2.48. The highest BCUT2D eigenvalue weighted by molar-refractivity contribution is 5.41. The Hall–Kier alpha value is -1.14. The van der Waals surface area contributed by atoms with Crippen LogP contribution < -0.4 is 4.74 Å². The molecule has 0 bridgehead atoms. The molecule has 1 aromatic rings. The molecule has 5 heteroatoms. The summed E-state index contributed by atoms with van der Waals surface area (Å²) < 4.78 is 22.1. The van der Waals surface area contributed by atoms with Crippen LogP contribution in [0.25, 0.3) is 0 Å². The van der Waals surface area contributed by atoms with E-state index in [1.807, 2.05) is 0 Å². The third-order valence-corrected chi connectivity index (χ3v) is 8.02. The van der Waals surface area contributed by atoms with Crippen LogP contribution in [0.2, 0.25) is 0 Å². The first kappa shape index (κ1) is 21.1. The number of ether oxygens (including phenoxy) is 4. The van der Waals surface area contributed by atoms with Gasteiger partial charge in [-0.1, -0.05) is 13.0 Å². The first-order chi connectivity index (χ1) is 14.1. The smallest absolute Gasteiger partial charge is 0.188 e. The molecule has 0 aliphatic heterocycles. The van der Waals surface area contributed by atoms with Crippen LogP contribution in [0.1, 0.15) is 56.1 Å². The second-order valence-corrected chi connectivity index (χ2v) is 9.36. The average Bonchev–Trinajstić information content (AvgIpc) is 3.06. The molecule has 0 heterocycles. The molecule has 0 saturated heterocycles. The van der Waals surface area contributed by atoms with Gasteiger partial charge < -0.3 is 24.1 Å². The maximum Gasteiger partial charge on any atom is 0.188 e. The molecule has 0 spiro atoms. The van der Waals surface area contributed by atoms with E-state index in [1.54, 1.807) is 14.2 Å². The largest absolute Gasteiger partial charge is 0.468 e. The van der Waals surface area contributed by atoms with Crippen LogP contribution in [-0.2, 0) is 20.6 Å². The molecule has 3 aliphatic rings. The van der Waals surface area contributed by atoms with Crippen molar-refractivity contribution in [2.75, 3.05) is 34.4 Å². The first-order valence-corrected chi connectivity index (χ1v) is 11.1. The fourth-order valence-corrected chi connectivity index (χ4v) is 6.81. The summed E-state index contributed by atoms with van der Waals surface area (Å²) in [7, 11) is 3.34. The summed E-state index contributed by atoms with van der Waals surface area (Å²) in [6, 6.07) is 6.57. The van der Waals surface area contributed by atoms with E-state index in [-0.39, 0.29) is 24.9 Å². The van der Waals surface area contributed by atoms with E-state index in [0.717, 1.165) is 25.0 Å². The number of aliphatic hydroxyl groups excluding tert-OH is 1. The van der Waals surface area contributed by atoms with Gasteiger partial charge >= 0.3 is 0 Å². The summed E-state index contributed by atoms with van der Waals surface area (Å²) in [5.74, 6) is 3.24. The standard InChI is InChI=1S/C24H36O5/c1-24-10-8-20-19-5-4-18(28-14-26-2)13-17(19)12-16(9-11-25)23(20)21(24)6-7-22(24)29-15-27-3/h4-5,13,16,20-23,25H,6-12,14-15H2,1-3H3/t16-,20?,21?,22+,23?,24+/m1/s1. The molecule has 0 aromatic heterocycles. The number of aliphatic hydroxyl groups is 1. The third kappa shape index (κ3) is 3.83. The highest BCUT2D eigenvalue weighted by Crippen LogP contribution is 2.63. The molecule has 29 heavy (non-hydrogen) atoms. The van der Waals surface area contributed by atoms with E-state index in [0.29, 0.717) is 30.5 Å². The summed E-state index contributed by atoms with van der Waals surface area (Å²) in [6.07, 6.45) is 6.92. The van der Waals surface area contributed by atoms with Crippen molar-refractivity contribution in [3.8, 4) is 5.75 Å². The molecule has 3 aliphatic carbocycles. The molecule has 2 saturated carbocycles. The second kappa shape index (κ2) is 8.93. The SMILES string of the molecule is COCOc1ccc2c(c1)C[C@@H](CCO)C1C2CC[C@@]2(C)C1CC[C@@H]2OCOC. The molecule has 3 unspecified atom stereocenters. The molecule has 4 rings (SSSR count). The van der Waals surface area contributed by atoms with Gasteiger partial charge in [0.15, 0.2) is 6.79 Å². The molecule has 1 aromatic carbocycles. The molecule has 5 nitrogen and oxygen atoms in total. The summed E-state index contributed by atoms with van der Waals surface area (Å²) in [5, 5.41) is 9.82. The first-order valence-electron chi connectivity index (χ1n) is 11.1. The van der Waals surface area contributed by atoms with Gasteiger partial charge in [0.1, 0.15) is 12.5 Å². The van der Waals surface area contributed by atoms with Crippen molar-refractivity contribution in [1.29, 1.82) is 0 Å². The molecule has 2 fully saturated rings. The Balaban J connectivity index is 1.62. The summed E-state index contributed by atoms with van der Waals surface area (Å²) in [4.78, 5) is 0. The van der Waals surface area contributed by atoms with Crippen molar-refractivity contribution in [3.05, 3.63) is 29.3 Å². The maximum atomic E-state index is 9.82. The molecule has 1 N–H and O–H groups in total. The van der Waals surface area contributed by atoms with Crippen LogP contribution in [0.4, 0.5) is 0 Å². The highest BCUT2D eigenvalue weighted by Gasteiger charge is 2.57. The van der Waals surface area contributed by atoms with Crippen molar-refractivity contribution in [3.63, 3.8) is 0 Å². The van der Waals surface area contributed by atoms with E-state index < -0.39 is 0 Å². The number of methoxy groups -OCH3 is 2. The van der Waals surface area contributed by atoms with Crippen LogP contribution in [-0.4, -0.2) is 45.6 Å². The highest BCUT2D eigenvalue weighted by atomic mass is 16.7. The Labute approximate surface area is 174 Å². The van der Waals surface area contributed by atoms with Gasteiger partial charge in [-0.2, -0.15) is 0 Å². The zero-order valence-electron chi connectivity index (χ0n) is 18.1. The van der Waals surface area contributed by atoms with E-state index in [9.17, 15) is 5.11 Å². The van der Waals surface area contributed by atoms with Gasteiger partial charge in [-0.05, 0) is 90.9 Å². The third-order valence-electron chi connectivity index (χ3n) is 8.02. The van der Waals surface area contributed by atoms with E-state index in [4.69, 9.17) is 18.9 Å². The molecule has 6 atom stereocenters. The van der Waals surface area contributed by atoms with Crippen molar-refractivity contribution >= 4 is 0 Å². The van der Waals surface area contributed by atoms with Crippen LogP contribution in [0.15, 0.2) is 18.2 Å². The van der Waals surface area contributed by atoms with Crippen LogP contribution >= 0.6 is 0 Å². The lowest BCUT2D eigenvalue weighted by Gasteiger charge is -2.53. The summed E-state index contributed by atoms with van der Waals surface area (Å²) in [5.41, 5.74) is 3.11. The number of hydrogen-bond donors (Lipinski definition) is 1. The normalized spacial score (nSPS) is 35.7. The quantitative estimate of drug-likeness (QED) is 0.661. The monoisotopic (exact) mass is 404 g/mol. The minimum Gasteiger partial charge on any atom is -0.468 e. The van der Waals surface area contributed by atoms with Gasteiger partial charge in [0.2, 0.25) is 0 Å². The van der Waals surface area contributed by atoms with E-state index >= 15 is 0 Å². The van der Waals surface area contributed by atoms with Gasteiger partial charge in [-0.25, -0.2) is 0 Å². The Morgan fingerprint density at radius 3 is 2.69 bits per heavy atom. The fourth-order valence-electron chi connectivity index (χ4n) is 6.81. The fraction of sp³-hybridized carbons (Fsp3) is 0.750. The van der Waals surface area contributed by atoms with Crippen LogP contribution in [0.3, 0.4) is 0 Å². The molecular formula is C24H36O5. The predicted molar refractivity (Wildman–Crippen MR) is 111 cm³/mol. The van der Waals surface area contributed by atoms with Crippen molar-refractivity contribution in [2.45, 2.75) is 57.5 Å². The van der Waals surface area contributed by atoms with E-state index in [1.165, 1.54) is 30.4 Å². The van der Waals surface area contributed by atoms with Crippen molar-refractivity contribution < 1.29 is 24.1 Å². The van der Waals surface area contributed by atoms with Gasteiger partial charge in [-0.3, -0.25) is 0 Å². The Morgan fingerprint density at radius 1 is 1.10 bits per heavy atom. The predicted octanol–water partition coefficient (Wildman–Crippen LogP) is 4.12. The van der Waals surface area contributed by atoms with Gasteiger partial charge in [-0.15, -0.1) is 0 Å². The topological polar surface area (TPSA) is 57.2 Å². The zero-order valence-corrected chi connectivity index (χ0v) is 18.1. The van der Waals surface area contributed by atoms with Gasteiger partial charge in [0, 0.05) is 20.8 Å². The average molecular weight is 405 g/mol. The number of fused-ring (bicyclic) bond motifs is 5. The van der Waals surface area contributed by atoms with Crippen LogP contribution in [0.5, 0.6) is 5.75 Å².